The van der Waals surface area contributed by atoms with Gasteiger partial charge in [0.15, 0.2) is 11.5 Å². The van der Waals surface area contributed by atoms with Crippen LogP contribution in [0.5, 0.6) is 11.5 Å². The number of hydrogen-bond acceptors (Lipinski definition) is 5. The summed E-state index contributed by atoms with van der Waals surface area (Å²) in [5.41, 5.74) is 4.58. The highest BCUT2D eigenvalue weighted by atomic mass is 16.5. The van der Waals surface area contributed by atoms with Crippen LogP contribution < -0.4 is 14.8 Å². The number of hydrogen-bond donors (Lipinski definition) is 2. The van der Waals surface area contributed by atoms with E-state index in [1.807, 2.05) is 36.9 Å². The molecule has 2 aromatic rings. The SMILES string of the molecule is COc1cc(CNC(C)c2c(C)nn(C)c2C)ccc1OCCO. The zero-order valence-electron chi connectivity index (χ0n) is 15.1. The Kier molecular flexibility index (Phi) is 6.23. The first-order valence-electron chi connectivity index (χ1n) is 8.12. The van der Waals surface area contributed by atoms with Crippen molar-refractivity contribution in [1.29, 1.82) is 0 Å². The van der Waals surface area contributed by atoms with Crippen molar-refractivity contribution in [3.8, 4) is 11.5 Å². The van der Waals surface area contributed by atoms with Gasteiger partial charge in [0.05, 0.1) is 19.4 Å². The number of aromatic nitrogens is 2. The van der Waals surface area contributed by atoms with Gasteiger partial charge in [0.1, 0.15) is 6.61 Å². The summed E-state index contributed by atoms with van der Waals surface area (Å²) < 4.78 is 12.7. The van der Waals surface area contributed by atoms with Crippen LogP contribution in [0.1, 0.15) is 35.5 Å². The Morgan fingerprint density at radius 2 is 2.04 bits per heavy atom. The lowest BCUT2D eigenvalue weighted by molar-refractivity contribution is 0.196. The van der Waals surface area contributed by atoms with Crippen LogP contribution in [0.25, 0.3) is 0 Å². The number of methoxy groups -OCH3 is 1. The normalized spacial score (nSPS) is 12.2. The molecule has 1 aromatic carbocycles. The van der Waals surface area contributed by atoms with Crippen LogP contribution in [-0.4, -0.2) is 35.2 Å². The van der Waals surface area contributed by atoms with Gasteiger partial charge in [-0.15, -0.1) is 0 Å². The molecule has 0 saturated heterocycles. The lowest BCUT2D eigenvalue weighted by atomic mass is 10.1. The molecule has 1 heterocycles. The largest absolute Gasteiger partial charge is 0.493 e. The Morgan fingerprint density at radius 1 is 1.29 bits per heavy atom. The number of nitrogens with one attached hydrogen (secondary N) is 1. The highest BCUT2D eigenvalue weighted by Gasteiger charge is 2.16. The van der Waals surface area contributed by atoms with E-state index in [0.29, 0.717) is 18.0 Å². The van der Waals surface area contributed by atoms with Gasteiger partial charge in [0, 0.05) is 30.9 Å². The van der Waals surface area contributed by atoms with Crippen molar-refractivity contribution in [2.24, 2.45) is 7.05 Å². The van der Waals surface area contributed by atoms with E-state index in [-0.39, 0.29) is 19.3 Å². The van der Waals surface area contributed by atoms with E-state index in [9.17, 15) is 0 Å². The van der Waals surface area contributed by atoms with Gasteiger partial charge in [-0.25, -0.2) is 0 Å². The van der Waals surface area contributed by atoms with Crippen LogP contribution in [0.4, 0.5) is 0 Å². The summed E-state index contributed by atoms with van der Waals surface area (Å²) in [6, 6.07) is 6.03. The summed E-state index contributed by atoms with van der Waals surface area (Å²) in [7, 11) is 3.58. The fourth-order valence-corrected chi connectivity index (χ4v) is 2.89. The molecule has 2 rings (SSSR count). The highest BCUT2D eigenvalue weighted by molar-refractivity contribution is 5.43. The van der Waals surface area contributed by atoms with E-state index in [2.05, 4.69) is 24.3 Å². The Morgan fingerprint density at radius 3 is 2.62 bits per heavy atom. The minimum absolute atomic E-state index is 0.0201. The molecule has 0 saturated carbocycles. The number of aryl methyl sites for hydroxylation is 2. The number of benzene rings is 1. The van der Waals surface area contributed by atoms with Gasteiger partial charge in [-0.3, -0.25) is 4.68 Å². The lowest BCUT2D eigenvalue weighted by Crippen LogP contribution is -2.19. The second-order valence-corrected chi connectivity index (χ2v) is 5.87. The standard InChI is InChI=1S/C18H27N3O3/c1-12(18-13(2)20-21(4)14(18)3)19-11-15-6-7-16(24-9-8-22)17(10-15)23-5/h6-7,10,12,19,22H,8-9,11H2,1-5H3. The molecule has 6 nitrogen and oxygen atoms in total. The van der Waals surface area contributed by atoms with Gasteiger partial charge in [0.25, 0.3) is 0 Å². The van der Waals surface area contributed by atoms with E-state index >= 15 is 0 Å². The maximum atomic E-state index is 8.86. The molecule has 0 aliphatic rings. The van der Waals surface area contributed by atoms with Gasteiger partial charge in [-0.1, -0.05) is 6.07 Å². The molecule has 2 N–H and O–H groups in total. The number of aliphatic hydroxyl groups excluding tert-OH is 1. The van der Waals surface area contributed by atoms with E-state index in [0.717, 1.165) is 11.3 Å². The van der Waals surface area contributed by atoms with Gasteiger partial charge in [0.2, 0.25) is 0 Å². The molecular weight excluding hydrogens is 306 g/mol. The van der Waals surface area contributed by atoms with Crippen LogP contribution in [0.2, 0.25) is 0 Å². The van der Waals surface area contributed by atoms with Crippen molar-refractivity contribution in [3.63, 3.8) is 0 Å². The number of nitrogens with zero attached hydrogens (tertiary/aromatic N) is 2. The first-order chi connectivity index (χ1) is 11.5. The van der Waals surface area contributed by atoms with E-state index in [1.165, 1.54) is 11.3 Å². The van der Waals surface area contributed by atoms with Gasteiger partial charge in [-0.05, 0) is 38.5 Å². The van der Waals surface area contributed by atoms with E-state index in [4.69, 9.17) is 14.6 Å². The zero-order valence-corrected chi connectivity index (χ0v) is 15.1. The molecule has 0 fully saturated rings. The summed E-state index contributed by atoms with van der Waals surface area (Å²) in [6.45, 7) is 7.22. The summed E-state index contributed by atoms with van der Waals surface area (Å²) >= 11 is 0. The third-order valence-electron chi connectivity index (χ3n) is 4.19. The van der Waals surface area contributed by atoms with Crippen LogP contribution in [-0.2, 0) is 13.6 Å². The fraction of sp³-hybridized carbons (Fsp3) is 0.500. The van der Waals surface area contributed by atoms with Crippen LogP contribution in [0.3, 0.4) is 0 Å². The topological polar surface area (TPSA) is 68.5 Å². The Hall–Kier alpha value is -2.05. The van der Waals surface area contributed by atoms with Crippen molar-refractivity contribution in [2.75, 3.05) is 20.3 Å². The van der Waals surface area contributed by atoms with Gasteiger partial charge < -0.3 is 19.9 Å². The molecule has 1 aromatic heterocycles. The highest BCUT2D eigenvalue weighted by Crippen LogP contribution is 2.28. The molecule has 132 valence electrons. The molecule has 0 amide bonds. The summed E-state index contributed by atoms with van der Waals surface area (Å²) in [6.07, 6.45) is 0. The maximum absolute atomic E-state index is 8.86. The first-order valence-corrected chi connectivity index (χ1v) is 8.12. The molecule has 0 radical (unpaired) electrons. The van der Waals surface area contributed by atoms with E-state index in [1.54, 1.807) is 7.11 Å². The van der Waals surface area contributed by atoms with Crippen molar-refractivity contribution < 1.29 is 14.6 Å². The summed E-state index contributed by atoms with van der Waals surface area (Å²) in [5.74, 6) is 1.31. The quantitative estimate of drug-likeness (QED) is 0.776. The summed E-state index contributed by atoms with van der Waals surface area (Å²) in [4.78, 5) is 0. The lowest BCUT2D eigenvalue weighted by Gasteiger charge is -2.16. The number of ether oxygens (including phenoxy) is 2. The molecule has 0 aliphatic carbocycles. The predicted octanol–water partition coefficient (Wildman–Crippen LogP) is 2.27. The summed E-state index contributed by atoms with van der Waals surface area (Å²) in [5, 5.41) is 16.9. The van der Waals surface area contributed by atoms with Crippen molar-refractivity contribution in [3.05, 3.63) is 40.7 Å². The average molecular weight is 333 g/mol. The Labute approximate surface area is 143 Å². The molecule has 0 aliphatic heterocycles. The molecule has 1 atom stereocenters. The maximum Gasteiger partial charge on any atom is 0.161 e. The molecule has 24 heavy (non-hydrogen) atoms. The Balaban J connectivity index is 2.06. The first kappa shape index (κ1) is 18.3. The Bertz CT molecular complexity index is 682. The predicted molar refractivity (Wildman–Crippen MR) is 93.5 cm³/mol. The number of aliphatic hydroxyl groups is 1. The van der Waals surface area contributed by atoms with Crippen LogP contribution >= 0.6 is 0 Å². The number of rotatable bonds is 8. The van der Waals surface area contributed by atoms with Crippen LogP contribution in [0.15, 0.2) is 18.2 Å². The second-order valence-electron chi connectivity index (χ2n) is 5.87. The van der Waals surface area contributed by atoms with Crippen LogP contribution in [0, 0.1) is 13.8 Å². The van der Waals surface area contributed by atoms with Crippen molar-refractivity contribution >= 4 is 0 Å². The average Bonchev–Trinajstić information content (AvgIpc) is 2.83. The van der Waals surface area contributed by atoms with Gasteiger partial charge >= 0.3 is 0 Å². The minimum atomic E-state index is -0.0201. The molecule has 6 heteroatoms. The third-order valence-corrected chi connectivity index (χ3v) is 4.19. The monoisotopic (exact) mass is 333 g/mol. The second kappa shape index (κ2) is 8.17. The molecule has 0 bridgehead atoms. The van der Waals surface area contributed by atoms with E-state index < -0.39 is 0 Å². The van der Waals surface area contributed by atoms with Crippen molar-refractivity contribution in [2.45, 2.75) is 33.4 Å². The fourth-order valence-electron chi connectivity index (χ4n) is 2.89. The third kappa shape index (κ3) is 4.07. The smallest absolute Gasteiger partial charge is 0.161 e. The minimum Gasteiger partial charge on any atom is -0.493 e. The van der Waals surface area contributed by atoms with Gasteiger partial charge in [-0.2, -0.15) is 5.10 Å². The van der Waals surface area contributed by atoms with Crippen molar-refractivity contribution in [1.82, 2.24) is 15.1 Å². The molecule has 1 unspecified atom stereocenters. The molecule has 0 spiro atoms. The zero-order chi connectivity index (χ0) is 17.7. The molecular formula is C18H27N3O3.